The van der Waals surface area contributed by atoms with Crippen LogP contribution >= 0.6 is 11.6 Å². The van der Waals surface area contributed by atoms with Crippen molar-refractivity contribution in [1.82, 2.24) is 4.98 Å². The molecule has 92 valence electrons. The highest BCUT2D eigenvalue weighted by Gasteiger charge is 2.13. The summed E-state index contributed by atoms with van der Waals surface area (Å²) in [6.07, 6.45) is 1.38. The van der Waals surface area contributed by atoms with Gasteiger partial charge in [-0.15, -0.1) is 0 Å². The van der Waals surface area contributed by atoms with Crippen LogP contribution in [0.25, 0.3) is 0 Å². The molecule has 6 heteroatoms. The van der Waals surface area contributed by atoms with Gasteiger partial charge in [0.1, 0.15) is 11.4 Å². The molecule has 1 aromatic carbocycles. The highest BCUT2D eigenvalue weighted by atomic mass is 35.5. The molecule has 0 radical (unpaired) electrons. The Hall–Kier alpha value is -2.27. The number of pyridine rings is 1. The van der Waals surface area contributed by atoms with E-state index in [1.807, 2.05) is 0 Å². The average molecular weight is 264 g/mol. The summed E-state index contributed by atoms with van der Waals surface area (Å²) in [6, 6.07) is 8.33. The van der Waals surface area contributed by atoms with Crippen LogP contribution in [-0.2, 0) is 0 Å². The fourth-order valence-corrected chi connectivity index (χ4v) is 1.62. The van der Waals surface area contributed by atoms with Gasteiger partial charge in [0.15, 0.2) is 0 Å². The molecule has 1 heterocycles. The Morgan fingerprint density at radius 3 is 2.78 bits per heavy atom. The summed E-state index contributed by atoms with van der Waals surface area (Å²) in [7, 11) is 0. The van der Waals surface area contributed by atoms with Crippen molar-refractivity contribution in [1.29, 1.82) is 0 Å². The molecule has 0 unspecified atom stereocenters. The maximum Gasteiger partial charge on any atom is 0.339 e. The average Bonchev–Trinajstić information content (AvgIpc) is 2.34. The minimum absolute atomic E-state index is 0.00470. The largest absolute Gasteiger partial charge is 0.478 e. The number of rotatable bonds is 3. The molecule has 1 aromatic heterocycles. The molecule has 18 heavy (non-hydrogen) atoms. The third-order valence-electron chi connectivity index (χ3n) is 2.27. The lowest BCUT2D eigenvalue weighted by molar-refractivity contribution is 0.0697. The lowest BCUT2D eigenvalue weighted by Gasteiger charge is -2.10. The van der Waals surface area contributed by atoms with Crippen LogP contribution in [0.3, 0.4) is 0 Å². The number of nitrogens with one attached hydrogen (secondary N) is 1. The number of benzene rings is 1. The number of hydrogen-bond acceptors (Lipinski definition) is 4. The standard InChI is InChI=1S/C12H10ClN3O2/c13-9-3-1-2-4-10(9)16-11-8(12(17)18)5-7(14)6-15-11/h1-6H,14H2,(H,15,16)(H,17,18). The smallest absolute Gasteiger partial charge is 0.339 e. The zero-order chi connectivity index (χ0) is 13.1. The molecule has 0 bridgehead atoms. The summed E-state index contributed by atoms with van der Waals surface area (Å²) in [4.78, 5) is 15.0. The van der Waals surface area contributed by atoms with Gasteiger partial charge in [0.2, 0.25) is 0 Å². The summed E-state index contributed by atoms with van der Waals surface area (Å²) in [6.45, 7) is 0. The second-order valence-corrected chi connectivity index (χ2v) is 3.98. The van der Waals surface area contributed by atoms with Gasteiger partial charge in [-0.3, -0.25) is 0 Å². The van der Waals surface area contributed by atoms with E-state index in [-0.39, 0.29) is 17.1 Å². The lowest BCUT2D eigenvalue weighted by atomic mass is 10.2. The molecule has 0 aliphatic rings. The monoisotopic (exact) mass is 263 g/mol. The number of carbonyl (C=O) groups is 1. The van der Waals surface area contributed by atoms with E-state index in [2.05, 4.69) is 10.3 Å². The SMILES string of the molecule is Nc1cnc(Nc2ccccc2Cl)c(C(=O)O)c1. The van der Waals surface area contributed by atoms with Crippen molar-refractivity contribution in [2.45, 2.75) is 0 Å². The second-order valence-electron chi connectivity index (χ2n) is 3.57. The maximum atomic E-state index is 11.1. The summed E-state index contributed by atoms with van der Waals surface area (Å²) in [5.74, 6) is -0.908. The van der Waals surface area contributed by atoms with Crippen LogP contribution in [0.15, 0.2) is 36.5 Å². The topological polar surface area (TPSA) is 88.2 Å². The molecule has 5 nitrogen and oxygen atoms in total. The molecule has 2 aromatic rings. The first kappa shape index (κ1) is 12.2. The number of nitrogens with zero attached hydrogens (tertiary/aromatic N) is 1. The van der Waals surface area contributed by atoms with Crippen molar-refractivity contribution < 1.29 is 9.90 Å². The van der Waals surface area contributed by atoms with Gasteiger partial charge in [-0.1, -0.05) is 23.7 Å². The van der Waals surface area contributed by atoms with Crippen LogP contribution in [0.5, 0.6) is 0 Å². The summed E-state index contributed by atoms with van der Waals surface area (Å²) in [5, 5.41) is 12.4. The number of hydrogen-bond donors (Lipinski definition) is 3. The van der Waals surface area contributed by atoms with Crippen molar-refractivity contribution in [3.8, 4) is 0 Å². The van der Waals surface area contributed by atoms with Crippen LogP contribution in [-0.4, -0.2) is 16.1 Å². The first-order valence-electron chi connectivity index (χ1n) is 5.08. The fraction of sp³-hybridized carbons (Fsp3) is 0. The van der Waals surface area contributed by atoms with Crippen molar-refractivity contribution in [3.05, 3.63) is 47.1 Å². The van der Waals surface area contributed by atoms with E-state index in [4.69, 9.17) is 22.4 Å². The minimum Gasteiger partial charge on any atom is -0.478 e. The number of para-hydroxylation sites is 1. The Bertz CT molecular complexity index is 602. The first-order chi connectivity index (χ1) is 8.58. The number of nitrogens with two attached hydrogens (primary N) is 1. The number of halogens is 1. The zero-order valence-electron chi connectivity index (χ0n) is 9.22. The molecule has 0 fully saturated rings. The van der Waals surface area contributed by atoms with E-state index in [1.54, 1.807) is 24.3 Å². The van der Waals surface area contributed by atoms with E-state index >= 15 is 0 Å². The Morgan fingerprint density at radius 2 is 2.11 bits per heavy atom. The van der Waals surface area contributed by atoms with Gasteiger partial charge in [0.05, 0.1) is 22.6 Å². The minimum atomic E-state index is -1.11. The summed E-state index contributed by atoms with van der Waals surface area (Å²) in [5.41, 5.74) is 6.38. The highest BCUT2D eigenvalue weighted by molar-refractivity contribution is 6.33. The molecule has 0 aliphatic carbocycles. The van der Waals surface area contributed by atoms with E-state index in [9.17, 15) is 4.79 Å². The molecule has 0 amide bonds. The van der Waals surface area contributed by atoms with E-state index in [0.29, 0.717) is 10.7 Å². The van der Waals surface area contributed by atoms with E-state index in [0.717, 1.165) is 0 Å². The van der Waals surface area contributed by atoms with Crippen LogP contribution < -0.4 is 11.1 Å². The Labute approximate surface area is 108 Å². The van der Waals surface area contributed by atoms with Gasteiger partial charge in [0.25, 0.3) is 0 Å². The third kappa shape index (κ3) is 2.52. The number of nitrogen functional groups attached to an aromatic ring is 1. The number of aromatic nitrogens is 1. The number of anilines is 3. The molecule has 2 rings (SSSR count). The Morgan fingerprint density at radius 1 is 1.39 bits per heavy atom. The number of carboxylic acids is 1. The normalized spacial score (nSPS) is 10.1. The van der Waals surface area contributed by atoms with Gasteiger partial charge >= 0.3 is 5.97 Å². The van der Waals surface area contributed by atoms with Gasteiger partial charge in [-0.2, -0.15) is 0 Å². The van der Waals surface area contributed by atoms with Crippen LogP contribution in [0.1, 0.15) is 10.4 Å². The number of carboxylic acid groups (broad SMARTS) is 1. The van der Waals surface area contributed by atoms with Gasteiger partial charge in [-0.05, 0) is 18.2 Å². The highest BCUT2D eigenvalue weighted by Crippen LogP contribution is 2.26. The third-order valence-corrected chi connectivity index (χ3v) is 2.60. The van der Waals surface area contributed by atoms with Crippen LogP contribution in [0.2, 0.25) is 5.02 Å². The lowest BCUT2D eigenvalue weighted by Crippen LogP contribution is -2.06. The molecule has 0 saturated carbocycles. The van der Waals surface area contributed by atoms with Gasteiger partial charge < -0.3 is 16.2 Å². The van der Waals surface area contributed by atoms with Crippen LogP contribution in [0, 0.1) is 0 Å². The van der Waals surface area contributed by atoms with Crippen molar-refractivity contribution >= 4 is 34.8 Å². The molecular weight excluding hydrogens is 254 g/mol. The summed E-state index contributed by atoms with van der Waals surface area (Å²) >= 11 is 5.97. The zero-order valence-corrected chi connectivity index (χ0v) is 9.98. The van der Waals surface area contributed by atoms with E-state index in [1.165, 1.54) is 12.3 Å². The predicted octanol–water partition coefficient (Wildman–Crippen LogP) is 2.76. The Kier molecular flexibility index (Phi) is 3.34. The molecule has 4 N–H and O–H groups in total. The van der Waals surface area contributed by atoms with Crippen molar-refractivity contribution in [2.24, 2.45) is 0 Å². The first-order valence-corrected chi connectivity index (χ1v) is 5.46. The second kappa shape index (κ2) is 4.93. The number of aromatic carboxylic acids is 1. The molecule has 0 spiro atoms. The van der Waals surface area contributed by atoms with Crippen LogP contribution in [0.4, 0.5) is 17.2 Å². The molecule has 0 atom stereocenters. The van der Waals surface area contributed by atoms with Gasteiger partial charge in [-0.25, -0.2) is 9.78 Å². The molecular formula is C12H10ClN3O2. The fourth-order valence-electron chi connectivity index (χ4n) is 1.43. The quantitative estimate of drug-likeness (QED) is 0.792. The van der Waals surface area contributed by atoms with Gasteiger partial charge in [0, 0.05) is 0 Å². The molecule has 0 aliphatic heterocycles. The predicted molar refractivity (Wildman–Crippen MR) is 70.3 cm³/mol. The molecule has 0 saturated heterocycles. The van der Waals surface area contributed by atoms with Crippen molar-refractivity contribution in [3.63, 3.8) is 0 Å². The van der Waals surface area contributed by atoms with E-state index < -0.39 is 5.97 Å². The maximum absolute atomic E-state index is 11.1. The van der Waals surface area contributed by atoms with Crippen molar-refractivity contribution in [2.75, 3.05) is 11.1 Å². The Balaban J connectivity index is 2.41. The summed E-state index contributed by atoms with van der Waals surface area (Å²) < 4.78 is 0.